The molecule has 18 heavy (non-hydrogen) atoms. The molecular formula is C13H25N3OS. The molecule has 0 atom stereocenters. The van der Waals surface area contributed by atoms with E-state index in [1.165, 1.54) is 24.3 Å². The van der Waals surface area contributed by atoms with Crippen LogP contribution in [-0.4, -0.2) is 61.6 Å². The second-order valence-corrected chi connectivity index (χ2v) is 6.43. The lowest BCUT2D eigenvalue weighted by atomic mass is 9.98. The van der Waals surface area contributed by atoms with E-state index in [0.29, 0.717) is 5.92 Å². The van der Waals surface area contributed by atoms with Crippen LogP contribution in [0.2, 0.25) is 0 Å². The number of nitrogens with one attached hydrogen (secondary N) is 2. The summed E-state index contributed by atoms with van der Waals surface area (Å²) in [6, 6.07) is 0. The first kappa shape index (κ1) is 14.2. The van der Waals surface area contributed by atoms with Crippen LogP contribution in [0.5, 0.6) is 0 Å². The van der Waals surface area contributed by atoms with E-state index in [9.17, 15) is 4.79 Å². The van der Waals surface area contributed by atoms with Crippen LogP contribution in [-0.2, 0) is 4.79 Å². The summed E-state index contributed by atoms with van der Waals surface area (Å²) in [7, 11) is 0. The lowest BCUT2D eigenvalue weighted by Gasteiger charge is -2.27. The molecule has 104 valence electrons. The number of carbonyl (C=O) groups excluding carboxylic acids is 1. The van der Waals surface area contributed by atoms with Gasteiger partial charge in [-0.3, -0.25) is 9.69 Å². The average molecular weight is 271 g/mol. The summed E-state index contributed by atoms with van der Waals surface area (Å²) >= 11 is 2.02. The Hall–Kier alpha value is -0.260. The molecule has 2 fully saturated rings. The molecule has 2 aliphatic heterocycles. The Kier molecular flexibility index (Phi) is 6.31. The summed E-state index contributed by atoms with van der Waals surface area (Å²) in [5.74, 6) is 3.35. The van der Waals surface area contributed by atoms with Crippen molar-refractivity contribution in [1.29, 1.82) is 0 Å². The highest BCUT2D eigenvalue weighted by Gasteiger charge is 2.17. The quantitative estimate of drug-likeness (QED) is 0.766. The second kappa shape index (κ2) is 8.02. The Bertz CT molecular complexity index is 251. The van der Waals surface area contributed by atoms with Crippen molar-refractivity contribution >= 4 is 17.7 Å². The molecule has 0 bridgehead atoms. The van der Waals surface area contributed by atoms with Crippen LogP contribution in [0.4, 0.5) is 0 Å². The molecule has 4 nitrogen and oxygen atoms in total. The summed E-state index contributed by atoms with van der Waals surface area (Å²) in [4.78, 5) is 14.2. The highest BCUT2D eigenvalue weighted by Crippen LogP contribution is 2.24. The van der Waals surface area contributed by atoms with E-state index in [4.69, 9.17) is 0 Å². The summed E-state index contributed by atoms with van der Waals surface area (Å²) in [6.45, 7) is 6.17. The largest absolute Gasteiger partial charge is 0.355 e. The van der Waals surface area contributed by atoms with E-state index < -0.39 is 0 Å². The van der Waals surface area contributed by atoms with Crippen molar-refractivity contribution in [2.75, 3.05) is 50.8 Å². The minimum Gasteiger partial charge on any atom is -0.355 e. The van der Waals surface area contributed by atoms with Gasteiger partial charge in [-0.25, -0.2) is 0 Å². The molecular weight excluding hydrogens is 246 g/mol. The number of nitrogens with zero attached hydrogens (tertiary/aromatic N) is 1. The number of piperazine rings is 1. The highest BCUT2D eigenvalue weighted by molar-refractivity contribution is 7.99. The molecule has 0 spiro atoms. The van der Waals surface area contributed by atoms with Gasteiger partial charge in [0.1, 0.15) is 0 Å². The fraction of sp³-hybridized carbons (Fsp3) is 0.923. The fourth-order valence-corrected chi connectivity index (χ4v) is 3.78. The minimum absolute atomic E-state index is 0.252. The van der Waals surface area contributed by atoms with Gasteiger partial charge in [0.05, 0.1) is 0 Å². The molecule has 0 aromatic rings. The summed E-state index contributed by atoms with van der Waals surface area (Å²) in [5.41, 5.74) is 0. The molecule has 2 rings (SSSR count). The zero-order valence-corrected chi connectivity index (χ0v) is 11.9. The summed E-state index contributed by atoms with van der Waals surface area (Å²) < 4.78 is 0. The van der Waals surface area contributed by atoms with Gasteiger partial charge in [0.15, 0.2) is 0 Å². The first-order valence-electron chi connectivity index (χ1n) is 7.12. The SMILES string of the molecule is O=C(CC1CCSCC1)NCCN1CCNCC1. The Balaban J connectivity index is 1.53. The van der Waals surface area contributed by atoms with Gasteiger partial charge in [-0.2, -0.15) is 11.8 Å². The van der Waals surface area contributed by atoms with Crippen LogP contribution in [0.3, 0.4) is 0 Å². The van der Waals surface area contributed by atoms with Gasteiger partial charge in [-0.05, 0) is 30.3 Å². The molecule has 2 heterocycles. The predicted molar refractivity (Wildman–Crippen MR) is 77.0 cm³/mol. The number of hydrogen-bond donors (Lipinski definition) is 2. The van der Waals surface area contributed by atoms with Crippen molar-refractivity contribution in [3.05, 3.63) is 0 Å². The molecule has 0 radical (unpaired) electrons. The van der Waals surface area contributed by atoms with Gasteiger partial charge >= 0.3 is 0 Å². The molecule has 5 heteroatoms. The zero-order chi connectivity index (χ0) is 12.6. The summed E-state index contributed by atoms with van der Waals surface area (Å²) in [6.07, 6.45) is 3.17. The number of amides is 1. The van der Waals surface area contributed by atoms with Crippen LogP contribution in [0.25, 0.3) is 0 Å². The predicted octanol–water partition coefficient (Wildman–Crippen LogP) is 0.541. The Morgan fingerprint density at radius 3 is 2.72 bits per heavy atom. The Morgan fingerprint density at radius 2 is 2.00 bits per heavy atom. The van der Waals surface area contributed by atoms with Gasteiger partial charge in [-0.15, -0.1) is 0 Å². The third-order valence-electron chi connectivity index (χ3n) is 3.77. The van der Waals surface area contributed by atoms with E-state index in [1.54, 1.807) is 0 Å². The van der Waals surface area contributed by atoms with Crippen molar-refractivity contribution in [3.8, 4) is 0 Å². The Labute approximate surface area is 114 Å². The fourth-order valence-electron chi connectivity index (χ4n) is 2.57. The maximum atomic E-state index is 11.8. The van der Waals surface area contributed by atoms with E-state index in [1.807, 2.05) is 11.8 Å². The van der Waals surface area contributed by atoms with Crippen LogP contribution in [0.1, 0.15) is 19.3 Å². The van der Waals surface area contributed by atoms with E-state index in [-0.39, 0.29) is 5.91 Å². The lowest BCUT2D eigenvalue weighted by molar-refractivity contribution is -0.122. The Morgan fingerprint density at radius 1 is 1.28 bits per heavy atom. The minimum atomic E-state index is 0.252. The van der Waals surface area contributed by atoms with Gasteiger partial charge in [0.25, 0.3) is 0 Å². The molecule has 0 unspecified atom stereocenters. The molecule has 0 aliphatic carbocycles. The van der Waals surface area contributed by atoms with Gasteiger partial charge in [0.2, 0.25) is 5.91 Å². The number of hydrogen-bond acceptors (Lipinski definition) is 4. The van der Waals surface area contributed by atoms with Crippen molar-refractivity contribution in [1.82, 2.24) is 15.5 Å². The number of carbonyl (C=O) groups is 1. The number of rotatable bonds is 5. The standard InChI is InChI=1S/C13H25N3OS/c17-13(11-12-1-9-18-10-2-12)15-5-8-16-6-3-14-4-7-16/h12,14H,1-11H2,(H,15,17). The molecule has 0 aromatic carbocycles. The molecule has 1 amide bonds. The average Bonchev–Trinajstić information content (AvgIpc) is 2.41. The van der Waals surface area contributed by atoms with Crippen LogP contribution in [0, 0.1) is 5.92 Å². The van der Waals surface area contributed by atoms with E-state index in [2.05, 4.69) is 15.5 Å². The molecule has 2 saturated heterocycles. The lowest BCUT2D eigenvalue weighted by Crippen LogP contribution is -2.46. The van der Waals surface area contributed by atoms with Crippen molar-refractivity contribution < 1.29 is 4.79 Å². The van der Waals surface area contributed by atoms with Crippen molar-refractivity contribution in [3.63, 3.8) is 0 Å². The third kappa shape index (κ3) is 5.16. The van der Waals surface area contributed by atoms with Crippen molar-refractivity contribution in [2.45, 2.75) is 19.3 Å². The molecule has 0 saturated carbocycles. The summed E-state index contributed by atoms with van der Waals surface area (Å²) in [5, 5.41) is 6.41. The maximum absolute atomic E-state index is 11.8. The van der Waals surface area contributed by atoms with Gasteiger partial charge in [0, 0.05) is 45.7 Å². The first-order chi connectivity index (χ1) is 8.84. The monoisotopic (exact) mass is 271 g/mol. The highest BCUT2D eigenvalue weighted by atomic mass is 32.2. The maximum Gasteiger partial charge on any atom is 0.220 e. The smallest absolute Gasteiger partial charge is 0.220 e. The van der Waals surface area contributed by atoms with Crippen LogP contribution >= 0.6 is 11.8 Å². The first-order valence-corrected chi connectivity index (χ1v) is 8.27. The van der Waals surface area contributed by atoms with E-state index >= 15 is 0 Å². The van der Waals surface area contributed by atoms with Crippen LogP contribution in [0.15, 0.2) is 0 Å². The topological polar surface area (TPSA) is 44.4 Å². The number of thioether (sulfide) groups is 1. The van der Waals surface area contributed by atoms with Crippen molar-refractivity contribution in [2.24, 2.45) is 5.92 Å². The van der Waals surface area contributed by atoms with Gasteiger partial charge in [-0.1, -0.05) is 0 Å². The normalized spacial score (nSPS) is 22.9. The van der Waals surface area contributed by atoms with Gasteiger partial charge < -0.3 is 10.6 Å². The molecule has 0 aromatic heterocycles. The molecule has 2 N–H and O–H groups in total. The van der Waals surface area contributed by atoms with E-state index in [0.717, 1.165) is 45.7 Å². The second-order valence-electron chi connectivity index (χ2n) is 5.20. The molecule has 2 aliphatic rings. The van der Waals surface area contributed by atoms with Crippen LogP contribution < -0.4 is 10.6 Å². The third-order valence-corrected chi connectivity index (χ3v) is 4.82. The zero-order valence-electron chi connectivity index (χ0n) is 11.1.